The van der Waals surface area contributed by atoms with Crippen LogP contribution in [0, 0.1) is 11.8 Å². The van der Waals surface area contributed by atoms with Crippen LogP contribution in [0.2, 0.25) is 0 Å². The SMILES string of the molecule is O=C([O-])[C@H]1CC=C(Cl)C[C@@H]1C(=O)NC1CCCCC1. The molecule has 0 aromatic rings. The summed E-state index contributed by atoms with van der Waals surface area (Å²) in [5, 5.41) is 14.7. The zero-order valence-electron chi connectivity index (χ0n) is 10.9. The van der Waals surface area contributed by atoms with Gasteiger partial charge in [-0.05, 0) is 25.7 Å². The van der Waals surface area contributed by atoms with Crippen LogP contribution >= 0.6 is 11.6 Å². The zero-order chi connectivity index (χ0) is 13.8. The second kappa shape index (κ2) is 6.42. The Balaban J connectivity index is 1.98. The largest absolute Gasteiger partial charge is 0.550 e. The standard InChI is InChI=1S/C14H20ClNO3/c15-9-6-7-11(14(18)19)12(8-9)13(17)16-10-4-2-1-3-5-10/h6,10-12H,1-5,7-8H2,(H,16,17)(H,18,19)/p-1/t11-,12-/m0/s1. The summed E-state index contributed by atoms with van der Waals surface area (Å²) < 4.78 is 0. The highest BCUT2D eigenvalue weighted by Crippen LogP contribution is 2.32. The third kappa shape index (κ3) is 3.72. The number of amides is 1. The van der Waals surface area contributed by atoms with Gasteiger partial charge in [0, 0.05) is 23.0 Å². The Labute approximate surface area is 118 Å². The van der Waals surface area contributed by atoms with Crippen LogP contribution in [-0.4, -0.2) is 17.9 Å². The Morgan fingerprint density at radius 1 is 1.21 bits per heavy atom. The number of carboxylic acid groups (broad SMARTS) is 1. The molecule has 2 atom stereocenters. The summed E-state index contributed by atoms with van der Waals surface area (Å²) in [7, 11) is 0. The summed E-state index contributed by atoms with van der Waals surface area (Å²) in [5.41, 5.74) is 0. The number of hydrogen-bond acceptors (Lipinski definition) is 3. The molecule has 0 spiro atoms. The fourth-order valence-corrected chi connectivity index (χ4v) is 3.20. The van der Waals surface area contributed by atoms with Gasteiger partial charge in [0.1, 0.15) is 0 Å². The lowest BCUT2D eigenvalue weighted by atomic mass is 9.82. The molecule has 0 heterocycles. The fraction of sp³-hybridized carbons (Fsp3) is 0.714. The minimum atomic E-state index is -1.16. The molecule has 2 rings (SSSR count). The average Bonchev–Trinajstić information content (AvgIpc) is 2.39. The molecule has 1 fully saturated rings. The van der Waals surface area contributed by atoms with E-state index < -0.39 is 17.8 Å². The molecule has 0 saturated heterocycles. The van der Waals surface area contributed by atoms with E-state index in [1.807, 2.05) is 0 Å². The lowest BCUT2D eigenvalue weighted by Crippen LogP contribution is -2.47. The van der Waals surface area contributed by atoms with Gasteiger partial charge in [0.15, 0.2) is 0 Å². The monoisotopic (exact) mass is 284 g/mol. The lowest BCUT2D eigenvalue weighted by molar-refractivity contribution is -0.313. The van der Waals surface area contributed by atoms with Gasteiger partial charge >= 0.3 is 0 Å². The maximum Gasteiger partial charge on any atom is 0.224 e. The third-order valence-electron chi connectivity index (χ3n) is 4.08. The molecule has 1 amide bonds. The molecule has 0 bridgehead atoms. The molecule has 1 N–H and O–H groups in total. The Bertz CT molecular complexity index is 388. The summed E-state index contributed by atoms with van der Waals surface area (Å²) in [6, 6.07) is 0.188. The predicted octanol–water partition coefficient (Wildman–Crippen LogP) is 1.33. The molecule has 106 valence electrons. The van der Waals surface area contributed by atoms with Crippen molar-refractivity contribution in [1.82, 2.24) is 5.32 Å². The summed E-state index contributed by atoms with van der Waals surface area (Å²) in [4.78, 5) is 23.3. The second-order valence-corrected chi connectivity index (χ2v) is 5.95. The van der Waals surface area contributed by atoms with Gasteiger partial charge in [-0.2, -0.15) is 0 Å². The first kappa shape index (κ1) is 14.4. The minimum absolute atomic E-state index is 0.188. The van der Waals surface area contributed by atoms with E-state index in [1.165, 1.54) is 6.42 Å². The third-order valence-corrected chi connectivity index (χ3v) is 4.39. The smallest absolute Gasteiger partial charge is 0.224 e. The number of carbonyl (C=O) groups is 2. The highest BCUT2D eigenvalue weighted by atomic mass is 35.5. The number of aliphatic carboxylic acids is 1. The quantitative estimate of drug-likeness (QED) is 0.850. The van der Waals surface area contributed by atoms with Crippen LogP contribution in [0.25, 0.3) is 0 Å². The van der Waals surface area contributed by atoms with Gasteiger partial charge in [0.05, 0.1) is 5.92 Å². The molecule has 0 aromatic carbocycles. The fourth-order valence-electron chi connectivity index (χ4n) is 2.95. The first-order chi connectivity index (χ1) is 9.08. The minimum Gasteiger partial charge on any atom is -0.550 e. The molecule has 0 aromatic heterocycles. The number of rotatable bonds is 3. The van der Waals surface area contributed by atoms with Gasteiger partial charge in [-0.15, -0.1) is 0 Å². The zero-order valence-corrected chi connectivity index (χ0v) is 11.6. The van der Waals surface area contributed by atoms with Crippen LogP contribution in [0.5, 0.6) is 0 Å². The summed E-state index contributed by atoms with van der Waals surface area (Å²) in [6.07, 6.45) is 7.69. The molecule has 0 radical (unpaired) electrons. The molecular weight excluding hydrogens is 266 g/mol. The van der Waals surface area contributed by atoms with Gasteiger partial charge in [0.25, 0.3) is 0 Å². The molecule has 1 saturated carbocycles. The van der Waals surface area contributed by atoms with Gasteiger partial charge in [0.2, 0.25) is 5.91 Å². The Morgan fingerprint density at radius 3 is 2.53 bits per heavy atom. The number of carbonyl (C=O) groups excluding carboxylic acids is 2. The van der Waals surface area contributed by atoms with Crippen molar-refractivity contribution >= 4 is 23.5 Å². The van der Waals surface area contributed by atoms with Crippen molar-refractivity contribution in [3.8, 4) is 0 Å². The maximum absolute atomic E-state index is 12.2. The predicted molar refractivity (Wildman–Crippen MR) is 70.2 cm³/mol. The normalized spacial score (nSPS) is 28.6. The highest BCUT2D eigenvalue weighted by molar-refractivity contribution is 6.29. The topological polar surface area (TPSA) is 69.2 Å². The van der Waals surface area contributed by atoms with Crippen molar-refractivity contribution in [2.75, 3.05) is 0 Å². The lowest BCUT2D eigenvalue weighted by Gasteiger charge is -2.32. The molecule has 0 unspecified atom stereocenters. The van der Waals surface area contributed by atoms with Crippen LogP contribution in [-0.2, 0) is 9.59 Å². The van der Waals surface area contributed by atoms with Crippen LogP contribution in [0.1, 0.15) is 44.9 Å². The van der Waals surface area contributed by atoms with Crippen molar-refractivity contribution in [2.45, 2.75) is 51.0 Å². The van der Waals surface area contributed by atoms with Crippen LogP contribution in [0.3, 0.4) is 0 Å². The number of allylic oxidation sites excluding steroid dienone is 2. The molecule has 0 aliphatic heterocycles. The van der Waals surface area contributed by atoms with Gasteiger partial charge in [-0.25, -0.2) is 0 Å². The first-order valence-corrected chi connectivity index (χ1v) is 7.31. The molecular formula is C14H19ClNO3-. The van der Waals surface area contributed by atoms with E-state index in [0.29, 0.717) is 11.5 Å². The molecule has 2 aliphatic carbocycles. The summed E-state index contributed by atoms with van der Waals surface area (Å²) in [6.45, 7) is 0. The molecule has 5 heteroatoms. The van der Waals surface area contributed by atoms with Crippen molar-refractivity contribution in [1.29, 1.82) is 0 Å². The van der Waals surface area contributed by atoms with E-state index in [9.17, 15) is 14.7 Å². The average molecular weight is 285 g/mol. The van der Waals surface area contributed by atoms with E-state index in [4.69, 9.17) is 11.6 Å². The van der Waals surface area contributed by atoms with E-state index in [2.05, 4.69) is 5.32 Å². The summed E-state index contributed by atoms with van der Waals surface area (Å²) in [5.74, 6) is -2.70. The van der Waals surface area contributed by atoms with E-state index in [0.717, 1.165) is 25.7 Å². The van der Waals surface area contributed by atoms with Gasteiger partial charge < -0.3 is 15.2 Å². The first-order valence-electron chi connectivity index (χ1n) is 6.93. The maximum atomic E-state index is 12.2. The number of halogens is 1. The summed E-state index contributed by atoms with van der Waals surface area (Å²) >= 11 is 5.94. The Morgan fingerprint density at radius 2 is 1.89 bits per heavy atom. The van der Waals surface area contributed by atoms with Crippen LogP contribution in [0.4, 0.5) is 0 Å². The van der Waals surface area contributed by atoms with E-state index >= 15 is 0 Å². The van der Waals surface area contributed by atoms with Crippen molar-refractivity contribution in [3.63, 3.8) is 0 Å². The second-order valence-electron chi connectivity index (χ2n) is 5.47. The van der Waals surface area contributed by atoms with E-state index in [-0.39, 0.29) is 18.4 Å². The highest BCUT2D eigenvalue weighted by Gasteiger charge is 2.33. The number of hydrogen-bond donors (Lipinski definition) is 1. The molecule has 2 aliphatic rings. The van der Waals surface area contributed by atoms with Crippen molar-refractivity contribution in [3.05, 3.63) is 11.1 Å². The van der Waals surface area contributed by atoms with Crippen LogP contribution < -0.4 is 10.4 Å². The van der Waals surface area contributed by atoms with Crippen LogP contribution in [0.15, 0.2) is 11.1 Å². The Kier molecular flexibility index (Phi) is 4.86. The van der Waals surface area contributed by atoms with E-state index in [1.54, 1.807) is 6.08 Å². The van der Waals surface area contributed by atoms with Crippen molar-refractivity contribution < 1.29 is 14.7 Å². The van der Waals surface area contributed by atoms with Crippen molar-refractivity contribution in [2.24, 2.45) is 11.8 Å². The number of carboxylic acids is 1. The number of nitrogens with one attached hydrogen (secondary N) is 1. The van der Waals surface area contributed by atoms with Gasteiger partial charge in [-0.1, -0.05) is 36.9 Å². The molecule has 4 nitrogen and oxygen atoms in total. The van der Waals surface area contributed by atoms with Gasteiger partial charge in [-0.3, -0.25) is 4.79 Å². The molecule has 19 heavy (non-hydrogen) atoms. The Hall–Kier alpha value is -1.03.